The summed E-state index contributed by atoms with van der Waals surface area (Å²) in [6.45, 7) is 5.33. The van der Waals surface area contributed by atoms with Gasteiger partial charge < -0.3 is 5.32 Å². The fourth-order valence-electron chi connectivity index (χ4n) is 2.66. The van der Waals surface area contributed by atoms with E-state index in [1.54, 1.807) is 0 Å². The molecule has 7 nitrogen and oxygen atoms in total. The average Bonchev–Trinajstić information content (AvgIpc) is 2.46. The zero-order valence-corrected chi connectivity index (χ0v) is 14.7. The second-order valence-electron chi connectivity index (χ2n) is 6.21. The van der Waals surface area contributed by atoms with Gasteiger partial charge in [-0.05, 0) is 30.9 Å². The van der Waals surface area contributed by atoms with E-state index in [0.717, 1.165) is 25.5 Å². The molecule has 9 heteroatoms. The number of benzene rings is 1. The second-order valence-corrected chi connectivity index (χ2v) is 7.97. The number of piperidine rings is 1. The third-order valence-electron chi connectivity index (χ3n) is 4.15. The summed E-state index contributed by atoms with van der Waals surface area (Å²) >= 11 is 0. The van der Waals surface area contributed by atoms with Crippen LogP contribution in [0, 0.1) is 15.5 Å². The molecule has 1 aromatic rings. The average molecular weight is 364 g/mol. The van der Waals surface area contributed by atoms with Gasteiger partial charge in [-0.2, -0.15) is 0 Å². The van der Waals surface area contributed by atoms with Crippen molar-refractivity contribution in [2.45, 2.75) is 37.6 Å². The summed E-state index contributed by atoms with van der Waals surface area (Å²) in [5, 5.41) is 14.1. The SMILES string of the molecule is CC1(C)CCCNC1CNS(=O)(=O)c1cccc([N+](=O)[O-])c1.Cl. The van der Waals surface area contributed by atoms with E-state index in [4.69, 9.17) is 0 Å². The van der Waals surface area contributed by atoms with Gasteiger partial charge >= 0.3 is 0 Å². The first-order chi connectivity index (χ1) is 10.2. The Balaban J connectivity index is 0.00000264. The molecule has 0 saturated carbocycles. The lowest BCUT2D eigenvalue weighted by atomic mass is 9.78. The van der Waals surface area contributed by atoms with Crippen molar-refractivity contribution < 1.29 is 13.3 Å². The molecule has 0 aromatic heterocycles. The largest absolute Gasteiger partial charge is 0.312 e. The van der Waals surface area contributed by atoms with Crippen LogP contribution < -0.4 is 10.0 Å². The van der Waals surface area contributed by atoms with Crippen molar-refractivity contribution in [3.05, 3.63) is 34.4 Å². The van der Waals surface area contributed by atoms with E-state index in [1.807, 2.05) is 0 Å². The zero-order chi connectivity index (χ0) is 16.4. The van der Waals surface area contributed by atoms with Gasteiger partial charge in [0.2, 0.25) is 10.0 Å². The summed E-state index contributed by atoms with van der Waals surface area (Å²) in [5.41, 5.74) is -0.234. The topological polar surface area (TPSA) is 101 Å². The molecule has 0 spiro atoms. The van der Waals surface area contributed by atoms with Crippen LogP contribution in [0.15, 0.2) is 29.2 Å². The van der Waals surface area contributed by atoms with E-state index in [0.29, 0.717) is 0 Å². The highest BCUT2D eigenvalue weighted by atomic mass is 35.5. The van der Waals surface area contributed by atoms with E-state index in [-0.39, 0.29) is 41.0 Å². The number of hydrogen-bond acceptors (Lipinski definition) is 5. The monoisotopic (exact) mass is 363 g/mol. The molecule has 1 unspecified atom stereocenters. The maximum absolute atomic E-state index is 12.3. The highest BCUT2D eigenvalue weighted by Gasteiger charge is 2.32. The van der Waals surface area contributed by atoms with E-state index in [2.05, 4.69) is 23.9 Å². The standard InChI is InChI=1S/C14H21N3O4S.ClH/c1-14(2)7-4-8-15-13(14)10-16-22(20,21)12-6-3-5-11(9-12)17(18)19;/h3,5-6,9,13,15-16H,4,7-8,10H2,1-2H3;1H. The smallest absolute Gasteiger partial charge is 0.270 e. The summed E-state index contributed by atoms with van der Waals surface area (Å²) in [7, 11) is -3.76. The minimum Gasteiger partial charge on any atom is -0.312 e. The molecule has 1 saturated heterocycles. The zero-order valence-electron chi connectivity index (χ0n) is 13.1. The molecule has 2 rings (SSSR count). The lowest BCUT2D eigenvalue weighted by molar-refractivity contribution is -0.385. The van der Waals surface area contributed by atoms with Crippen LogP contribution >= 0.6 is 12.4 Å². The number of halogens is 1. The minimum atomic E-state index is -3.76. The van der Waals surface area contributed by atoms with Gasteiger partial charge in [-0.3, -0.25) is 10.1 Å². The Kier molecular flexibility index (Phi) is 6.52. The molecular weight excluding hydrogens is 342 g/mol. The number of nitro benzene ring substituents is 1. The van der Waals surface area contributed by atoms with Crippen molar-refractivity contribution in [3.63, 3.8) is 0 Å². The third-order valence-corrected chi connectivity index (χ3v) is 5.57. The van der Waals surface area contributed by atoms with Crippen LogP contribution in [0.25, 0.3) is 0 Å². The van der Waals surface area contributed by atoms with Gasteiger partial charge in [0.15, 0.2) is 0 Å². The number of nitrogens with zero attached hydrogens (tertiary/aromatic N) is 1. The third kappa shape index (κ3) is 4.87. The Morgan fingerprint density at radius 2 is 2.13 bits per heavy atom. The van der Waals surface area contributed by atoms with Crippen LogP contribution in [-0.2, 0) is 10.0 Å². The molecule has 0 aliphatic carbocycles. The molecule has 1 aliphatic rings. The summed E-state index contributed by atoms with van der Waals surface area (Å²) in [6, 6.07) is 5.10. The summed E-state index contributed by atoms with van der Waals surface area (Å²) in [5.74, 6) is 0. The van der Waals surface area contributed by atoms with E-state index >= 15 is 0 Å². The number of hydrogen-bond donors (Lipinski definition) is 2. The van der Waals surface area contributed by atoms with Gasteiger partial charge in [0.05, 0.1) is 9.82 Å². The summed E-state index contributed by atoms with van der Waals surface area (Å²) in [4.78, 5) is 10.1. The summed E-state index contributed by atoms with van der Waals surface area (Å²) in [6.07, 6.45) is 2.10. The predicted octanol–water partition coefficient (Wildman–Crippen LogP) is 2.07. The molecule has 1 heterocycles. The Labute approximate surface area is 142 Å². The number of sulfonamides is 1. The maximum atomic E-state index is 12.3. The predicted molar refractivity (Wildman–Crippen MR) is 90.3 cm³/mol. The van der Waals surface area contributed by atoms with Crippen LogP contribution in [-0.4, -0.2) is 32.5 Å². The minimum absolute atomic E-state index is 0. The highest BCUT2D eigenvalue weighted by Crippen LogP contribution is 2.29. The highest BCUT2D eigenvalue weighted by molar-refractivity contribution is 7.89. The lowest BCUT2D eigenvalue weighted by Gasteiger charge is -2.39. The first kappa shape index (κ1) is 19.8. The molecular formula is C14H22ClN3O4S. The van der Waals surface area contributed by atoms with Gasteiger partial charge in [-0.25, -0.2) is 13.1 Å². The molecule has 1 fully saturated rings. The van der Waals surface area contributed by atoms with Gasteiger partial charge in [-0.15, -0.1) is 12.4 Å². The first-order valence-corrected chi connectivity index (χ1v) is 8.68. The van der Waals surface area contributed by atoms with Crippen LogP contribution in [0.1, 0.15) is 26.7 Å². The van der Waals surface area contributed by atoms with E-state index < -0.39 is 14.9 Å². The fourth-order valence-corrected chi connectivity index (χ4v) is 3.75. The van der Waals surface area contributed by atoms with Gasteiger partial charge in [-0.1, -0.05) is 19.9 Å². The van der Waals surface area contributed by atoms with Crippen LogP contribution in [0.4, 0.5) is 5.69 Å². The van der Waals surface area contributed by atoms with Crippen molar-refractivity contribution in [1.29, 1.82) is 0 Å². The molecule has 2 N–H and O–H groups in total. The summed E-state index contributed by atoms with van der Waals surface area (Å²) < 4.78 is 27.2. The van der Waals surface area contributed by atoms with Crippen molar-refractivity contribution in [2.24, 2.45) is 5.41 Å². The van der Waals surface area contributed by atoms with E-state index in [9.17, 15) is 18.5 Å². The number of nitrogens with one attached hydrogen (secondary N) is 2. The first-order valence-electron chi connectivity index (χ1n) is 7.20. The van der Waals surface area contributed by atoms with Crippen molar-refractivity contribution in [1.82, 2.24) is 10.0 Å². The molecule has 0 bridgehead atoms. The Morgan fingerprint density at radius 3 is 2.74 bits per heavy atom. The molecule has 1 aliphatic heterocycles. The van der Waals surface area contributed by atoms with Crippen LogP contribution in [0.2, 0.25) is 0 Å². The maximum Gasteiger partial charge on any atom is 0.270 e. The van der Waals surface area contributed by atoms with Crippen molar-refractivity contribution in [3.8, 4) is 0 Å². The normalized spacial score (nSPS) is 20.5. The Bertz CT molecular complexity index is 664. The molecule has 1 atom stereocenters. The van der Waals surface area contributed by atoms with Gasteiger partial charge in [0, 0.05) is 24.7 Å². The fraction of sp³-hybridized carbons (Fsp3) is 0.571. The molecule has 23 heavy (non-hydrogen) atoms. The second kappa shape index (κ2) is 7.57. The van der Waals surface area contributed by atoms with Crippen LogP contribution in [0.3, 0.4) is 0 Å². The molecule has 0 amide bonds. The van der Waals surface area contributed by atoms with E-state index in [1.165, 1.54) is 18.2 Å². The number of rotatable bonds is 5. The quantitative estimate of drug-likeness (QED) is 0.616. The Hall–Kier alpha value is -1.22. The Morgan fingerprint density at radius 1 is 1.43 bits per heavy atom. The van der Waals surface area contributed by atoms with Crippen molar-refractivity contribution in [2.75, 3.05) is 13.1 Å². The number of nitro groups is 1. The van der Waals surface area contributed by atoms with Crippen LogP contribution in [0.5, 0.6) is 0 Å². The van der Waals surface area contributed by atoms with Gasteiger partial charge in [0.1, 0.15) is 0 Å². The molecule has 0 radical (unpaired) electrons. The van der Waals surface area contributed by atoms with Crippen molar-refractivity contribution >= 4 is 28.1 Å². The molecule has 130 valence electrons. The number of non-ortho nitro benzene ring substituents is 1. The molecule has 1 aromatic carbocycles. The van der Waals surface area contributed by atoms with Gasteiger partial charge in [0.25, 0.3) is 5.69 Å². The lowest BCUT2D eigenvalue weighted by Crippen LogP contribution is -2.52.